The van der Waals surface area contributed by atoms with Gasteiger partial charge in [-0.2, -0.15) is 0 Å². The van der Waals surface area contributed by atoms with Crippen molar-refractivity contribution < 1.29 is 9.18 Å². The molecule has 0 atom stereocenters. The van der Waals surface area contributed by atoms with Crippen LogP contribution in [0.25, 0.3) is 0 Å². The van der Waals surface area contributed by atoms with Gasteiger partial charge in [-0.3, -0.25) is 4.79 Å². The molecule has 0 aliphatic heterocycles. The Morgan fingerprint density at radius 2 is 1.84 bits per heavy atom. The normalized spacial score (nSPS) is 10.3. The summed E-state index contributed by atoms with van der Waals surface area (Å²) < 4.78 is 13.4. The second-order valence-corrected chi connectivity index (χ2v) is 5.24. The van der Waals surface area contributed by atoms with Crippen LogP contribution in [-0.4, -0.2) is 5.91 Å². The highest BCUT2D eigenvalue weighted by Gasteiger charge is 2.09. The maximum absolute atomic E-state index is 13.1. The molecule has 0 unspecified atom stereocenters. The monoisotopic (exact) mass is 321 g/mol. The van der Waals surface area contributed by atoms with Gasteiger partial charge in [0.05, 0.1) is 4.47 Å². The molecular weight excluding hydrogens is 309 g/mol. The number of halogens is 2. The molecule has 0 aliphatic rings. The minimum Gasteiger partial charge on any atom is -0.322 e. The van der Waals surface area contributed by atoms with Gasteiger partial charge in [0.15, 0.2) is 0 Å². The van der Waals surface area contributed by atoms with E-state index in [1.165, 1.54) is 23.8 Å². The van der Waals surface area contributed by atoms with E-state index >= 15 is 0 Å². The number of benzene rings is 2. The molecule has 0 fully saturated rings. The molecule has 0 radical (unpaired) electrons. The van der Waals surface area contributed by atoms with Crippen LogP contribution in [0.2, 0.25) is 0 Å². The number of hydrogen-bond donors (Lipinski definition) is 1. The Kier molecular flexibility index (Phi) is 4.00. The molecule has 0 spiro atoms. The SMILES string of the molecule is Cc1ccc(NC(=O)c2ccc(F)c(Br)c2)cc1C. The van der Waals surface area contributed by atoms with Gasteiger partial charge in [-0.05, 0) is 71.2 Å². The molecule has 0 heterocycles. The molecule has 98 valence electrons. The summed E-state index contributed by atoms with van der Waals surface area (Å²) in [6.07, 6.45) is 0. The minimum absolute atomic E-state index is 0.260. The fourth-order valence-corrected chi connectivity index (χ4v) is 2.04. The van der Waals surface area contributed by atoms with Crippen LogP contribution in [0.1, 0.15) is 21.5 Å². The van der Waals surface area contributed by atoms with E-state index in [1.54, 1.807) is 0 Å². The van der Waals surface area contributed by atoms with Gasteiger partial charge in [0.2, 0.25) is 0 Å². The maximum Gasteiger partial charge on any atom is 0.255 e. The Morgan fingerprint density at radius 1 is 1.11 bits per heavy atom. The number of aryl methyl sites for hydroxylation is 2. The molecule has 2 aromatic rings. The number of anilines is 1. The van der Waals surface area contributed by atoms with E-state index in [0.29, 0.717) is 5.56 Å². The summed E-state index contributed by atoms with van der Waals surface area (Å²) in [6.45, 7) is 4.00. The van der Waals surface area contributed by atoms with E-state index in [-0.39, 0.29) is 16.2 Å². The lowest BCUT2D eigenvalue weighted by molar-refractivity contribution is 0.102. The second kappa shape index (κ2) is 5.53. The third-order valence-electron chi connectivity index (χ3n) is 2.95. The first kappa shape index (κ1) is 13.7. The number of nitrogens with one attached hydrogen (secondary N) is 1. The maximum atomic E-state index is 13.1. The average Bonchev–Trinajstić information content (AvgIpc) is 2.37. The first-order valence-electron chi connectivity index (χ1n) is 5.81. The highest BCUT2D eigenvalue weighted by Crippen LogP contribution is 2.19. The fourth-order valence-electron chi connectivity index (χ4n) is 1.66. The van der Waals surface area contributed by atoms with Gasteiger partial charge < -0.3 is 5.32 Å². The summed E-state index contributed by atoms with van der Waals surface area (Å²) in [6, 6.07) is 9.89. The van der Waals surface area contributed by atoms with Crippen molar-refractivity contribution in [1.82, 2.24) is 0 Å². The van der Waals surface area contributed by atoms with Crippen molar-refractivity contribution in [3.05, 3.63) is 63.4 Å². The molecule has 0 saturated heterocycles. The lowest BCUT2D eigenvalue weighted by Gasteiger charge is -2.08. The largest absolute Gasteiger partial charge is 0.322 e. The van der Waals surface area contributed by atoms with Crippen LogP contribution in [0, 0.1) is 19.7 Å². The Hall–Kier alpha value is -1.68. The third kappa shape index (κ3) is 3.20. The van der Waals surface area contributed by atoms with Crippen LogP contribution in [-0.2, 0) is 0 Å². The number of carbonyl (C=O) groups excluding carboxylic acids is 1. The predicted molar refractivity (Wildman–Crippen MR) is 78.0 cm³/mol. The van der Waals surface area contributed by atoms with Crippen molar-refractivity contribution in [2.24, 2.45) is 0 Å². The molecule has 4 heteroatoms. The Bertz CT molecular complexity index is 640. The number of carbonyl (C=O) groups is 1. The molecule has 1 N–H and O–H groups in total. The van der Waals surface area contributed by atoms with E-state index in [9.17, 15) is 9.18 Å². The van der Waals surface area contributed by atoms with Gasteiger partial charge in [0, 0.05) is 11.3 Å². The zero-order valence-corrected chi connectivity index (χ0v) is 12.2. The lowest BCUT2D eigenvalue weighted by Crippen LogP contribution is -2.12. The summed E-state index contributed by atoms with van der Waals surface area (Å²) >= 11 is 3.07. The summed E-state index contributed by atoms with van der Waals surface area (Å²) in [7, 11) is 0. The summed E-state index contributed by atoms with van der Waals surface area (Å²) in [5.41, 5.74) is 3.42. The number of hydrogen-bond acceptors (Lipinski definition) is 1. The number of rotatable bonds is 2. The van der Waals surface area contributed by atoms with Crippen LogP contribution < -0.4 is 5.32 Å². The van der Waals surface area contributed by atoms with E-state index in [1.807, 2.05) is 32.0 Å². The quantitative estimate of drug-likeness (QED) is 0.869. The molecule has 0 saturated carbocycles. The van der Waals surface area contributed by atoms with Gasteiger partial charge in [0.25, 0.3) is 5.91 Å². The van der Waals surface area contributed by atoms with Crippen molar-refractivity contribution >= 4 is 27.5 Å². The van der Waals surface area contributed by atoms with E-state index in [2.05, 4.69) is 21.2 Å². The van der Waals surface area contributed by atoms with Crippen LogP contribution in [0.3, 0.4) is 0 Å². The molecule has 0 aliphatic carbocycles. The molecule has 19 heavy (non-hydrogen) atoms. The van der Waals surface area contributed by atoms with Gasteiger partial charge in [-0.25, -0.2) is 4.39 Å². The van der Waals surface area contributed by atoms with Crippen LogP contribution >= 0.6 is 15.9 Å². The molecule has 1 amide bonds. The van der Waals surface area contributed by atoms with Crippen LogP contribution in [0.15, 0.2) is 40.9 Å². The predicted octanol–water partition coefficient (Wildman–Crippen LogP) is 4.46. The Morgan fingerprint density at radius 3 is 2.47 bits per heavy atom. The van der Waals surface area contributed by atoms with Crippen molar-refractivity contribution in [2.45, 2.75) is 13.8 Å². The average molecular weight is 322 g/mol. The minimum atomic E-state index is -0.386. The Labute approximate surface area is 119 Å². The highest BCUT2D eigenvalue weighted by molar-refractivity contribution is 9.10. The third-order valence-corrected chi connectivity index (χ3v) is 3.55. The van der Waals surface area contributed by atoms with Crippen molar-refractivity contribution in [2.75, 3.05) is 5.32 Å². The summed E-state index contributed by atoms with van der Waals surface area (Å²) in [5, 5.41) is 2.79. The van der Waals surface area contributed by atoms with Crippen molar-refractivity contribution in [1.29, 1.82) is 0 Å². The van der Waals surface area contributed by atoms with E-state index in [4.69, 9.17) is 0 Å². The van der Waals surface area contributed by atoms with Gasteiger partial charge in [-0.1, -0.05) is 6.07 Å². The van der Waals surface area contributed by atoms with Gasteiger partial charge >= 0.3 is 0 Å². The molecule has 2 nitrogen and oxygen atoms in total. The Balaban J connectivity index is 2.20. The smallest absolute Gasteiger partial charge is 0.255 e. The first-order valence-corrected chi connectivity index (χ1v) is 6.60. The van der Waals surface area contributed by atoms with Crippen molar-refractivity contribution in [3.63, 3.8) is 0 Å². The summed E-state index contributed by atoms with van der Waals surface area (Å²) in [5.74, 6) is -0.647. The molecular formula is C15H13BrFNO. The first-order chi connectivity index (χ1) is 8.97. The molecule has 0 aromatic heterocycles. The zero-order valence-electron chi connectivity index (χ0n) is 10.6. The molecule has 0 bridgehead atoms. The lowest BCUT2D eigenvalue weighted by atomic mass is 10.1. The fraction of sp³-hybridized carbons (Fsp3) is 0.133. The number of amides is 1. The van der Waals surface area contributed by atoms with Crippen molar-refractivity contribution in [3.8, 4) is 0 Å². The molecule has 2 aromatic carbocycles. The van der Waals surface area contributed by atoms with Gasteiger partial charge in [0.1, 0.15) is 5.82 Å². The van der Waals surface area contributed by atoms with E-state index < -0.39 is 0 Å². The van der Waals surface area contributed by atoms with Gasteiger partial charge in [-0.15, -0.1) is 0 Å². The summed E-state index contributed by atoms with van der Waals surface area (Å²) in [4.78, 5) is 12.0. The standard InChI is InChI=1S/C15H13BrFNO/c1-9-3-5-12(7-10(9)2)18-15(19)11-4-6-14(17)13(16)8-11/h3-8H,1-2H3,(H,18,19). The topological polar surface area (TPSA) is 29.1 Å². The van der Waals surface area contributed by atoms with Crippen LogP contribution in [0.5, 0.6) is 0 Å². The van der Waals surface area contributed by atoms with E-state index in [0.717, 1.165) is 11.3 Å². The van der Waals surface area contributed by atoms with Crippen LogP contribution in [0.4, 0.5) is 10.1 Å². The molecule has 2 rings (SSSR count). The zero-order chi connectivity index (χ0) is 14.0. The highest BCUT2D eigenvalue weighted by atomic mass is 79.9. The second-order valence-electron chi connectivity index (χ2n) is 4.38.